The summed E-state index contributed by atoms with van der Waals surface area (Å²) in [5.41, 5.74) is 1.54. The SMILES string of the molecule is COCc1nc(-c2ccc(NC(=O)CCc3cc(OC)no3)cc2)n[nH]1. The normalized spacial score (nSPS) is 10.7. The van der Waals surface area contributed by atoms with Gasteiger partial charge < -0.3 is 19.3 Å². The predicted molar refractivity (Wildman–Crippen MR) is 92.5 cm³/mol. The lowest BCUT2D eigenvalue weighted by Crippen LogP contribution is -2.12. The number of nitrogens with one attached hydrogen (secondary N) is 2. The van der Waals surface area contributed by atoms with Gasteiger partial charge >= 0.3 is 0 Å². The average molecular weight is 357 g/mol. The number of hydrogen-bond acceptors (Lipinski definition) is 7. The van der Waals surface area contributed by atoms with Crippen LogP contribution in [0, 0.1) is 0 Å². The van der Waals surface area contributed by atoms with Crippen LogP contribution in [0.2, 0.25) is 0 Å². The zero-order chi connectivity index (χ0) is 18.4. The first kappa shape index (κ1) is 17.6. The molecule has 2 heterocycles. The zero-order valence-electron chi connectivity index (χ0n) is 14.5. The van der Waals surface area contributed by atoms with E-state index in [4.69, 9.17) is 14.0 Å². The van der Waals surface area contributed by atoms with Gasteiger partial charge in [-0.15, -0.1) is 0 Å². The Morgan fingerprint density at radius 3 is 2.77 bits per heavy atom. The van der Waals surface area contributed by atoms with E-state index in [2.05, 4.69) is 25.7 Å². The molecule has 26 heavy (non-hydrogen) atoms. The van der Waals surface area contributed by atoms with Gasteiger partial charge in [-0.25, -0.2) is 4.98 Å². The Morgan fingerprint density at radius 1 is 1.27 bits per heavy atom. The second-order valence-electron chi connectivity index (χ2n) is 5.50. The minimum atomic E-state index is -0.117. The fraction of sp³-hybridized carbons (Fsp3) is 0.294. The van der Waals surface area contributed by atoms with Crippen molar-refractivity contribution >= 4 is 11.6 Å². The number of rotatable bonds is 8. The number of H-pyrrole nitrogens is 1. The fourth-order valence-corrected chi connectivity index (χ4v) is 2.30. The van der Waals surface area contributed by atoms with Crippen LogP contribution in [0.5, 0.6) is 5.88 Å². The summed E-state index contributed by atoms with van der Waals surface area (Å²) >= 11 is 0. The highest BCUT2D eigenvalue weighted by Gasteiger charge is 2.09. The molecule has 0 saturated heterocycles. The Bertz CT molecular complexity index is 856. The molecule has 0 bridgehead atoms. The number of methoxy groups -OCH3 is 2. The molecule has 2 N–H and O–H groups in total. The number of amides is 1. The lowest BCUT2D eigenvalue weighted by molar-refractivity contribution is -0.116. The highest BCUT2D eigenvalue weighted by atomic mass is 16.5. The van der Waals surface area contributed by atoms with E-state index in [1.54, 1.807) is 25.3 Å². The maximum Gasteiger partial charge on any atom is 0.254 e. The molecule has 3 rings (SSSR count). The van der Waals surface area contributed by atoms with Crippen LogP contribution >= 0.6 is 0 Å². The highest BCUT2D eigenvalue weighted by molar-refractivity contribution is 5.91. The van der Waals surface area contributed by atoms with Gasteiger partial charge in [-0.3, -0.25) is 9.89 Å². The topological polar surface area (TPSA) is 115 Å². The van der Waals surface area contributed by atoms with E-state index in [1.807, 2.05) is 12.1 Å². The van der Waals surface area contributed by atoms with Crippen molar-refractivity contribution in [1.29, 1.82) is 0 Å². The summed E-state index contributed by atoms with van der Waals surface area (Å²) in [6, 6.07) is 8.96. The van der Waals surface area contributed by atoms with Crippen LogP contribution in [0.1, 0.15) is 18.0 Å². The summed E-state index contributed by atoms with van der Waals surface area (Å²) in [4.78, 5) is 16.4. The molecule has 2 aromatic heterocycles. The minimum Gasteiger partial charge on any atom is -0.479 e. The van der Waals surface area contributed by atoms with Crippen molar-refractivity contribution in [3.8, 4) is 17.3 Å². The quantitative estimate of drug-likeness (QED) is 0.635. The average Bonchev–Trinajstić information content (AvgIpc) is 3.30. The molecule has 1 aromatic carbocycles. The van der Waals surface area contributed by atoms with E-state index in [-0.39, 0.29) is 12.3 Å². The van der Waals surface area contributed by atoms with E-state index < -0.39 is 0 Å². The molecule has 136 valence electrons. The van der Waals surface area contributed by atoms with Crippen molar-refractivity contribution in [1.82, 2.24) is 20.3 Å². The molecule has 0 unspecified atom stereocenters. The molecule has 1 amide bonds. The molecule has 0 aliphatic heterocycles. The Labute approximate surface area is 149 Å². The summed E-state index contributed by atoms with van der Waals surface area (Å²) in [6.45, 7) is 0.373. The zero-order valence-corrected chi connectivity index (χ0v) is 14.5. The number of aromatic amines is 1. The van der Waals surface area contributed by atoms with Crippen LogP contribution < -0.4 is 10.1 Å². The monoisotopic (exact) mass is 357 g/mol. The molecule has 9 nitrogen and oxygen atoms in total. The maximum absolute atomic E-state index is 12.0. The molecule has 0 fully saturated rings. The number of anilines is 1. The van der Waals surface area contributed by atoms with Crippen LogP contribution in [0.25, 0.3) is 11.4 Å². The Hall–Kier alpha value is -3.20. The first-order chi connectivity index (χ1) is 12.7. The number of ether oxygens (including phenoxy) is 2. The van der Waals surface area contributed by atoms with E-state index in [1.165, 1.54) is 7.11 Å². The molecule has 3 aromatic rings. The van der Waals surface area contributed by atoms with Crippen LogP contribution in [0.3, 0.4) is 0 Å². The Morgan fingerprint density at radius 2 is 2.08 bits per heavy atom. The number of carbonyl (C=O) groups is 1. The molecule has 9 heteroatoms. The van der Waals surface area contributed by atoms with Crippen molar-refractivity contribution in [2.45, 2.75) is 19.4 Å². The number of benzene rings is 1. The lowest BCUT2D eigenvalue weighted by atomic mass is 10.2. The number of nitrogens with zero attached hydrogens (tertiary/aromatic N) is 3. The van der Waals surface area contributed by atoms with Crippen molar-refractivity contribution in [2.24, 2.45) is 0 Å². The van der Waals surface area contributed by atoms with Crippen molar-refractivity contribution in [3.05, 3.63) is 41.9 Å². The maximum atomic E-state index is 12.0. The van der Waals surface area contributed by atoms with Gasteiger partial charge in [-0.2, -0.15) is 5.10 Å². The summed E-state index contributed by atoms with van der Waals surface area (Å²) in [5.74, 6) is 2.12. The summed E-state index contributed by atoms with van der Waals surface area (Å²) < 4.78 is 15.0. The number of hydrogen-bond donors (Lipinski definition) is 2. The predicted octanol–water partition coefficient (Wildman–Crippen LogP) is 2.19. The molecular formula is C17H19N5O4. The van der Waals surface area contributed by atoms with Crippen LogP contribution in [0.15, 0.2) is 34.9 Å². The van der Waals surface area contributed by atoms with Gasteiger partial charge in [-0.05, 0) is 29.4 Å². The third-order valence-electron chi connectivity index (χ3n) is 3.58. The van der Waals surface area contributed by atoms with Crippen molar-refractivity contribution in [2.75, 3.05) is 19.5 Å². The van der Waals surface area contributed by atoms with Gasteiger partial charge in [0.05, 0.1) is 7.11 Å². The van der Waals surface area contributed by atoms with E-state index in [0.717, 1.165) is 5.56 Å². The molecule has 0 spiro atoms. The summed E-state index contributed by atoms with van der Waals surface area (Å²) in [6.07, 6.45) is 0.723. The van der Waals surface area contributed by atoms with Gasteiger partial charge in [0.25, 0.3) is 5.88 Å². The summed E-state index contributed by atoms with van der Waals surface area (Å²) in [5, 5.41) is 13.5. The molecule has 0 atom stereocenters. The van der Waals surface area contributed by atoms with Gasteiger partial charge in [0, 0.05) is 37.3 Å². The van der Waals surface area contributed by atoms with Gasteiger partial charge in [0.15, 0.2) is 11.6 Å². The molecular weight excluding hydrogens is 338 g/mol. The van der Waals surface area contributed by atoms with E-state index in [0.29, 0.717) is 42.0 Å². The van der Waals surface area contributed by atoms with Crippen LogP contribution in [-0.2, 0) is 22.6 Å². The molecule has 0 saturated carbocycles. The van der Waals surface area contributed by atoms with Crippen molar-refractivity contribution < 1.29 is 18.8 Å². The van der Waals surface area contributed by atoms with Crippen LogP contribution in [-0.4, -0.2) is 40.5 Å². The Balaban J connectivity index is 1.53. The highest BCUT2D eigenvalue weighted by Crippen LogP contribution is 2.18. The largest absolute Gasteiger partial charge is 0.479 e. The number of aryl methyl sites for hydroxylation is 1. The molecule has 0 radical (unpaired) electrons. The second-order valence-corrected chi connectivity index (χ2v) is 5.50. The standard InChI is InChI=1S/C17H19N5O4/c1-24-10-14-19-17(21-20-14)11-3-5-12(6-4-11)18-15(23)8-7-13-9-16(25-2)22-26-13/h3-6,9H,7-8,10H2,1-2H3,(H,18,23)(H,19,20,21). The molecule has 0 aliphatic carbocycles. The second kappa shape index (κ2) is 8.26. The van der Waals surface area contributed by atoms with Gasteiger partial charge in [-0.1, -0.05) is 0 Å². The minimum absolute atomic E-state index is 0.117. The van der Waals surface area contributed by atoms with E-state index >= 15 is 0 Å². The Kier molecular flexibility index (Phi) is 5.59. The molecule has 0 aliphatic rings. The number of aromatic nitrogens is 4. The smallest absolute Gasteiger partial charge is 0.254 e. The van der Waals surface area contributed by atoms with Gasteiger partial charge in [0.2, 0.25) is 5.91 Å². The number of carbonyl (C=O) groups excluding carboxylic acids is 1. The third-order valence-corrected chi connectivity index (χ3v) is 3.58. The first-order valence-corrected chi connectivity index (χ1v) is 7.98. The van der Waals surface area contributed by atoms with Crippen LogP contribution in [0.4, 0.5) is 5.69 Å². The van der Waals surface area contributed by atoms with Gasteiger partial charge in [0.1, 0.15) is 12.4 Å². The summed E-state index contributed by atoms with van der Waals surface area (Å²) in [7, 11) is 3.10. The van der Waals surface area contributed by atoms with E-state index in [9.17, 15) is 4.79 Å². The lowest BCUT2D eigenvalue weighted by Gasteiger charge is -2.05. The fourth-order valence-electron chi connectivity index (χ4n) is 2.30. The third kappa shape index (κ3) is 4.45. The first-order valence-electron chi connectivity index (χ1n) is 7.98. The van der Waals surface area contributed by atoms with Crippen molar-refractivity contribution in [3.63, 3.8) is 0 Å².